The van der Waals surface area contributed by atoms with E-state index >= 15 is 0 Å². The lowest BCUT2D eigenvalue weighted by molar-refractivity contribution is 0.0283. The van der Waals surface area contributed by atoms with Gasteiger partial charge in [-0.05, 0) is 58.4 Å². The number of aliphatic hydroxyl groups is 1. The van der Waals surface area contributed by atoms with Crippen LogP contribution in [0.1, 0.15) is 13.8 Å². The summed E-state index contributed by atoms with van der Waals surface area (Å²) in [7, 11) is 0. The van der Waals surface area contributed by atoms with Crippen LogP contribution in [0.2, 0.25) is 0 Å². The van der Waals surface area contributed by atoms with E-state index in [0.717, 1.165) is 13.6 Å². The first-order valence-electron chi connectivity index (χ1n) is 5.04. The number of halogens is 2. The molecule has 17 heavy (non-hydrogen) atoms. The normalized spacial score (nSPS) is 12.1. The van der Waals surface area contributed by atoms with Gasteiger partial charge in [0.1, 0.15) is 12.4 Å². The van der Waals surface area contributed by atoms with Gasteiger partial charge in [-0.3, -0.25) is 0 Å². The highest BCUT2D eigenvalue weighted by Gasteiger charge is 2.14. The van der Waals surface area contributed by atoms with Crippen LogP contribution in [0.25, 0.3) is 5.52 Å². The third kappa shape index (κ3) is 3.11. The Hall–Kier alpha value is -0.340. The minimum atomic E-state index is -0.847. The average Bonchev–Trinajstić information content (AvgIpc) is 2.57. The number of hydrogen-bond donors (Lipinski definition) is 1. The Morgan fingerprint density at radius 2 is 2.29 bits per heavy atom. The molecular formula is C11H12BrIN2O2. The molecule has 0 aliphatic carbocycles. The van der Waals surface area contributed by atoms with Crippen molar-refractivity contribution in [2.24, 2.45) is 0 Å². The summed E-state index contributed by atoms with van der Waals surface area (Å²) in [6.07, 6.45) is 3.59. The molecule has 2 heterocycles. The van der Waals surface area contributed by atoms with Crippen LogP contribution >= 0.6 is 38.5 Å². The molecule has 0 spiro atoms. The van der Waals surface area contributed by atoms with Gasteiger partial charge in [-0.1, -0.05) is 0 Å². The van der Waals surface area contributed by atoms with Crippen molar-refractivity contribution in [1.82, 2.24) is 9.61 Å². The summed E-state index contributed by atoms with van der Waals surface area (Å²) < 4.78 is 9.28. The van der Waals surface area contributed by atoms with Crippen molar-refractivity contribution < 1.29 is 9.84 Å². The quantitative estimate of drug-likeness (QED) is 0.791. The number of fused-ring (bicyclic) bond motifs is 1. The zero-order valence-electron chi connectivity index (χ0n) is 9.44. The van der Waals surface area contributed by atoms with E-state index in [1.807, 2.05) is 6.07 Å². The van der Waals surface area contributed by atoms with E-state index in [4.69, 9.17) is 4.74 Å². The van der Waals surface area contributed by atoms with Crippen LogP contribution in [-0.2, 0) is 0 Å². The van der Waals surface area contributed by atoms with Crippen molar-refractivity contribution in [1.29, 1.82) is 0 Å². The average molecular weight is 411 g/mol. The summed E-state index contributed by atoms with van der Waals surface area (Å²) in [4.78, 5) is 0. The van der Waals surface area contributed by atoms with Crippen LogP contribution in [0.3, 0.4) is 0 Å². The van der Waals surface area contributed by atoms with E-state index in [-0.39, 0.29) is 6.61 Å². The standard InChI is InChI=1S/C11H12BrIN2O2/c1-11(2,16)6-17-7-3-8(12)10-9(13)4-14-15(10)5-7/h3-5,16H,6H2,1-2H3. The fraction of sp³-hybridized carbons (Fsp3) is 0.364. The Balaban J connectivity index is 2.31. The van der Waals surface area contributed by atoms with Gasteiger partial charge >= 0.3 is 0 Å². The molecule has 0 unspecified atom stereocenters. The maximum atomic E-state index is 9.61. The van der Waals surface area contributed by atoms with E-state index in [0.29, 0.717) is 5.75 Å². The Kier molecular flexibility index (Phi) is 3.65. The van der Waals surface area contributed by atoms with E-state index < -0.39 is 5.60 Å². The minimum Gasteiger partial charge on any atom is -0.489 e. The predicted molar refractivity (Wildman–Crippen MR) is 77.4 cm³/mol. The lowest BCUT2D eigenvalue weighted by atomic mass is 10.2. The Labute approximate surface area is 121 Å². The Bertz CT molecular complexity index is 548. The van der Waals surface area contributed by atoms with E-state index in [2.05, 4.69) is 43.6 Å². The van der Waals surface area contributed by atoms with Gasteiger partial charge in [-0.2, -0.15) is 5.10 Å². The molecule has 0 aromatic carbocycles. The van der Waals surface area contributed by atoms with Crippen molar-refractivity contribution >= 4 is 44.0 Å². The fourth-order valence-electron chi connectivity index (χ4n) is 1.35. The first-order chi connectivity index (χ1) is 7.87. The molecule has 6 heteroatoms. The van der Waals surface area contributed by atoms with Gasteiger partial charge in [-0.15, -0.1) is 0 Å². The number of pyridine rings is 1. The second kappa shape index (κ2) is 4.74. The van der Waals surface area contributed by atoms with Crippen molar-refractivity contribution in [3.8, 4) is 5.75 Å². The van der Waals surface area contributed by atoms with Crippen LogP contribution in [0.4, 0.5) is 0 Å². The summed E-state index contributed by atoms with van der Waals surface area (Å²) in [5.41, 5.74) is 0.168. The van der Waals surface area contributed by atoms with Crippen LogP contribution in [-0.4, -0.2) is 26.9 Å². The second-order valence-corrected chi connectivity index (χ2v) is 6.43. The van der Waals surface area contributed by atoms with Crippen molar-refractivity contribution in [3.05, 3.63) is 26.5 Å². The highest BCUT2D eigenvalue weighted by Crippen LogP contribution is 2.27. The number of ether oxygens (including phenoxy) is 1. The van der Waals surface area contributed by atoms with Crippen LogP contribution in [0, 0.1) is 3.57 Å². The van der Waals surface area contributed by atoms with Crippen LogP contribution < -0.4 is 4.74 Å². The number of hydrogen-bond acceptors (Lipinski definition) is 3. The summed E-state index contributed by atoms with van der Waals surface area (Å²) in [6, 6.07) is 1.88. The van der Waals surface area contributed by atoms with Crippen LogP contribution in [0.15, 0.2) is 22.9 Å². The lowest BCUT2D eigenvalue weighted by Gasteiger charge is -2.18. The monoisotopic (exact) mass is 410 g/mol. The van der Waals surface area contributed by atoms with Crippen molar-refractivity contribution in [2.75, 3.05) is 6.61 Å². The zero-order valence-corrected chi connectivity index (χ0v) is 13.2. The molecule has 0 aliphatic heterocycles. The molecule has 2 aromatic heterocycles. The fourth-order valence-corrected chi connectivity index (χ4v) is 3.01. The molecule has 0 radical (unpaired) electrons. The van der Waals surface area contributed by atoms with Gasteiger partial charge in [0.2, 0.25) is 0 Å². The highest BCUT2D eigenvalue weighted by molar-refractivity contribution is 14.1. The van der Waals surface area contributed by atoms with E-state index in [1.54, 1.807) is 30.8 Å². The molecule has 2 rings (SSSR count). The smallest absolute Gasteiger partial charge is 0.138 e. The maximum absolute atomic E-state index is 9.61. The third-order valence-electron chi connectivity index (χ3n) is 2.09. The Morgan fingerprint density at radius 1 is 1.59 bits per heavy atom. The van der Waals surface area contributed by atoms with Gasteiger partial charge in [0, 0.05) is 4.47 Å². The third-order valence-corrected chi connectivity index (χ3v) is 3.48. The molecule has 0 atom stereocenters. The number of nitrogens with zero attached hydrogens (tertiary/aromatic N) is 2. The molecule has 0 fully saturated rings. The molecule has 2 aromatic rings. The number of aromatic nitrogens is 2. The Morgan fingerprint density at radius 3 is 2.94 bits per heavy atom. The van der Waals surface area contributed by atoms with Crippen LogP contribution in [0.5, 0.6) is 5.75 Å². The SMILES string of the molecule is CC(C)(O)COc1cc(Br)c2c(I)cnn2c1. The van der Waals surface area contributed by atoms with Crippen molar-refractivity contribution in [2.45, 2.75) is 19.4 Å². The van der Waals surface area contributed by atoms with E-state index in [1.165, 1.54) is 0 Å². The van der Waals surface area contributed by atoms with Crippen molar-refractivity contribution in [3.63, 3.8) is 0 Å². The van der Waals surface area contributed by atoms with Gasteiger partial charge in [0.05, 0.1) is 27.1 Å². The summed E-state index contributed by atoms with van der Waals surface area (Å²) in [5.74, 6) is 0.672. The van der Waals surface area contributed by atoms with E-state index in [9.17, 15) is 5.11 Å². The summed E-state index contributed by atoms with van der Waals surface area (Å²) in [5, 5.41) is 13.8. The summed E-state index contributed by atoms with van der Waals surface area (Å²) in [6.45, 7) is 3.65. The van der Waals surface area contributed by atoms with Gasteiger partial charge < -0.3 is 9.84 Å². The first-order valence-corrected chi connectivity index (χ1v) is 6.91. The number of rotatable bonds is 3. The minimum absolute atomic E-state index is 0.239. The van der Waals surface area contributed by atoms with Gasteiger partial charge in [0.15, 0.2) is 0 Å². The molecule has 92 valence electrons. The first kappa shape index (κ1) is 13.1. The molecule has 4 nitrogen and oxygen atoms in total. The molecule has 0 bridgehead atoms. The van der Waals surface area contributed by atoms with Gasteiger partial charge in [-0.25, -0.2) is 4.52 Å². The maximum Gasteiger partial charge on any atom is 0.138 e. The predicted octanol–water partition coefficient (Wildman–Crippen LogP) is 2.85. The zero-order chi connectivity index (χ0) is 12.6. The molecular weight excluding hydrogens is 399 g/mol. The van der Waals surface area contributed by atoms with Gasteiger partial charge in [0.25, 0.3) is 0 Å². The molecule has 0 amide bonds. The highest BCUT2D eigenvalue weighted by atomic mass is 127. The summed E-state index contributed by atoms with van der Waals surface area (Å²) >= 11 is 5.72. The molecule has 0 aliphatic rings. The lowest BCUT2D eigenvalue weighted by Crippen LogP contribution is -2.27. The largest absolute Gasteiger partial charge is 0.489 e. The molecule has 0 saturated heterocycles. The molecule has 1 N–H and O–H groups in total. The molecule has 0 saturated carbocycles. The topological polar surface area (TPSA) is 46.8 Å². The second-order valence-electron chi connectivity index (χ2n) is 4.41.